The van der Waals surface area contributed by atoms with Gasteiger partial charge in [-0.1, -0.05) is 12.1 Å². The van der Waals surface area contributed by atoms with Gasteiger partial charge in [-0.2, -0.15) is 0 Å². The minimum Gasteiger partial charge on any atom is -0.399 e. The zero-order valence-electron chi connectivity index (χ0n) is 15.9. The predicted octanol–water partition coefficient (Wildman–Crippen LogP) is 2.09. The third kappa shape index (κ3) is 3.76. The van der Waals surface area contributed by atoms with Gasteiger partial charge in [0.1, 0.15) is 0 Å². The Hall–Kier alpha value is -1.37. The normalized spacial score (nSPS) is 24.5. The molecular formula is C19H28BNO4. The summed E-state index contributed by atoms with van der Waals surface area (Å²) >= 11 is 0. The second-order valence-corrected chi connectivity index (χ2v) is 8.13. The third-order valence-corrected chi connectivity index (χ3v) is 5.59. The summed E-state index contributed by atoms with van der Waals surface area (Å²) in [6, 6.07) is 7.54. The molecule has 6 heteroatoms. The smallest absolute Gasteiger partial charge is 0.399 e. The van der Waals surface area contributed by atoms with Crippen LogP contribution in [0.2, 0.25) is 0 Å². The first-order valence-electron chi connectivity index (χ1n) is 8.98. The average molecular weight is 345 g/mol. The second-order valence-electron chi connectivity index (χ2n) is 8.13. The summed E-state index contributed by atoms with van der Waals surface area (Å²) < 4.78 is 17.5. The molecule has 0 bridgehead atoms. The maximum Gasteiger partial charge on any atom is 0.494 e. The summed E-state index contributed by atoms with van der Waals surface area (Å²) in [6.07, 6.45) is 1.03. The van der Waals surface area contributed by atoms with Crippen LogP contribution in [0.5, 0.6) is 0 Å². The van der Waals surface area contributed by atoms with E-state index in [-0.39, 0.29) is 17.1 Å². The van der Waals surface area contributed by atoms with E-state index < -0.39 is 7.12 Å². The van der Waals surface area contributed by atoms with Crippen LogP contribution in [0.4, 0.5) is 0 Å². The van der Waals surface area contributed by atoms with Crippen molar-refractivity contribution in [1.82, 2.24) is 4.90 Å². The fourth-order valence-corrected chi connectivity index (χ4v) is 3.18. The first-order chi connectivity index (χ1) is 11.7. The molecule has 0 radical (unpaired) electrons. The van der Waals surface area contributed by atoms with Crippen LogP contribution in [-0.4, -0.2) is 55.9 Å². The number of carbonyl (C=O) groups excluding carboxylic acids is 1. The maximum atomic E-state index is 12.6. The molecule has 0 N–H and O–H groups in total. The summed E-state index contributed by atoms with van der Waals surface area (Å²) in [6.45, 7) is 10.4. The number of carbonyl (C=O) groups is 1. The average Bonchev–Trinajstić information content (AvgIpc) is 3.13. The van der Waals surface area contributed by atoms with Crippen LogP contribution in [0.15, 0.2) is 24.3 Å². The Labute approximate surface area is 150 Å². The van der Waals surface area contributed by atoms with Gasteiger partial charge in [-0.3, -0.25) is 4.79 Å². The maximum absolute atomic E-state index is 12.6. The Kier molecular flexibility index (Phi) is 4.97. The lowest BCUT2D eigenvalue weighted by Gasteiger charge is -2.32. The highest BCUT2D eigenvalue weighted by Gasteiger charge is 2.51. The fourth-order valence-electron chi connectivity index (χ4n) is 3.18. The van der Waals surface area contributed by atoms with Crippen LogP contribution in [0.25, 0.3) is 0 Å². The Morgan fingerprint density at radius 2 is 1.76 bits per heavy atom. The van der Waals surface area contributed by atoms with Gasteiger partial charge in [0.15, 0.2) is 0 Å². The van der Waals surface area contributed by atoms with E-state index in [1.807, 2.05) is 59.0 Å². The van der Waals surface area contributed by atoms with E-state index >= 15 is 0 Å². The summed E-state index contributed by atoms with van der Waals surface area (Å²) in [5, 5.41) is 0. The van der Waals surface area contributed by atoms with E-state index in [9.17, 15) is 4.79 Å². The Bertz CT molecular complexity index is 607. The quantitative estimate of drug-likeness (QED) is 0.784. The van der Waals surface area contributed by atoms with E-state index in [0.29, 0.717) is 11.5 Å². The molecule has 0 saturated carbocycles. The van der Waals surface area contributed by atoms with Crippen molar-refractivity contribution < 1.29 is 18.8 Å². The number of hydrogen-bond donors (Lipinski definition) is 0. The van der Waals surface area contributed by atoms with Crippen molar-refractivity contribution >= 4 is 18.5 Å². The van der Waals surface area contributed by atoms with Crippen molar-refractivity contribution in [2.45, 2.75) is 45.3 Å². The molecule has 0 aromatic heterocycles. The van der Waals surface area contributed by atoms with Gasteiger partial charge in [0.05, 0.1) is 17.8 Å². The third-order valence-electron chi connectivity index (χ3n) is 5.59. The van der Waals surface area contributed by atoms with Crippen LogP contribution in [0.3, 0.4) is 0 Å². The van der Waals surface area contributed by atoms with Crippen LogP contribution < -0.4 is 5.46 Å². The molecule has 2 fully saturated rings. The lowest BCUT2D eigenvalue weighted by atomic mass is 9.79. The molecule has 2 heterocycles. The minimum absolute atomic E-state index is 0.0346. The van der Waals surface area contributed by atoms with Crippen LogP contribution in [0, 0.1) is 5.92 Å². The molecule has 5 nitrogen and oxygen atoms in total. The summed E-state index contributed by atoms with van der Waals surface area (Å²) in [5.74, 6) is 0.477. The number of benzene rings is 1. The number of amides is 1. The first-order valence-corrected chi connectivity index (χ1v) is 8.98. The highest BCUT2D eigenvalue weighted by Crippen LogP contribution is 2.36. The Morgan fingerprint density at radius 1 is 1.16 bits per heavy atom. The van der Waals surface area contributed by atoms with Gasteiger partial charge >= 0.3 is 7.12 Å². The van der Waals surface area contributed by atoms with Gasteiger partial charge < -0.3 is 18.9 Å². The van der Waals surface area contributed by atoms with Crippen LogP contribution in [0.1, 0.15) is 44.5 Å². The summed E-state index contributed by atoms with van der Waals surface area (Å²) in [5.41, 5.74) is 0.884. The highest BCUT2D eigenvalue weighted by molar-refractivity contribution is 6.62. The van der Waals surface area contributed by atoms with E-state index in [4.69, 9.17) is 14.0 Å². The Balaban J connectivity index is 1.65. The fraction of sp³-hybridized carbons (Fsp3) is 0.632. The monoisotopic (exact) mass is 345 g/mol. The predicted molar refractivity (Wildman–Crippen MR) is 98.0 cm³/mol. The molecule has 1 unspecified atom stereocenters. The van der Waals surface area contributed by atoms with Gasteiger partial charge in [-0.05, 0) is 51.7 Å². The standard InChI is InChI=1S/C19H28BNO4/c1-18(2)19(3,4)25-20(24-18)16-8-6-15(7-9-16)17(22)21(5)12-14-10-11-23-13-14/h6-9,14H,10-13H2,1-5H3. The molecule has 136 valence electrons. The molecule has 1 aromatic rings. The van der Waals surface area contributed by atoms with Gasteiger partial charge in [-0.25, -0.2) is 0 Å². The van der Waals surface area contributed by atoms with Gasteiger partial charge in [0.25, 0.3) is 5.91 Å². The van der Waals surface area contributed by atoms with Crippen molar-refractivity contribution in [2.24, 2.45) is 5.92 Å². The van der Waals surface area contributed by atoms with Crippen molar-refractivity contribution in [2.75, 3.05) is 26.8 Å². The van der Waals surface area contributed by atoms with Crippen LogP contribution in [-0.2, 0) is 14.0 Å². The van der Waals surface area contributed by atoms with E-state index in [2.05, 4.69) is 0 Å². The largest absolute Gasteiger partial charge is 0.494 e. The molecule has 2 aliphatic rings. The molecule has 1 aromatic carbocycles. The molecule has 2 saturated heterocycles. The summed E-state index contributed by atoms with van der Waals surface area (Å²) in [7, 11) is 1.45. The van der Waals surface area contributed by atoms with Crippen molar-refractivity contribution in [3.05, 3.63) is 29.8 Å². The number of hydrogen-bond acceptors (Lipinski definition) is 4. The number of ether oxygens (including phenoxy) is 1. The van der Waals surface area contributed by atoms with E-state index in [0.717, 1.165) is 31.6 Å². The first kappa shape index (κ1) is 18.4. The van der Waals surface area contributed by atoms with Crippen molar-refractivity contribution in [3.8, 4) is 0 Å². The molecule has 2 aliphatic heterocycles. The molecule has 0 aliphatic carbocycles. The molecular weight excluding hydrogens is 317 g/mol. The molecule has 0 spiro atoms. The minimum atomic E-state index is -0.400. The topological polar surface area (TPSA) is 48.0 Å². The highest BCUT2D eigenvalue weighted by atomic mass is 16.7. The lowest BCUT2D eigenvalue weighted by molar-refractivity contribution is 0.00578. The van der Waals surface area contributed by atoms with Crippen molar-refractivity contribution in [1.29, 1.82) is 0 Å². The molecule has 25 heavy (non-hydrogen) atoms. The molecule has 3 rings (SSSR count). The van der Waals surface area contributed by atoms with Gasteiger partial charge in [0, 0.05) is 31.7 Å². The number of rotatable bonds is 4. The van der Waals surface area contributed by atoms with Crippen molar-refractivity contribution in [3.63, 3.8) is 0 Å². The number of nitrogens with zero attached hydrogens (tertiary/aromatic N) is 1. The second kappa shape index (κ2) is 6.74. The van der Waals surface area contributed by atoms with Gasteiger partial charge in [-0.15, -0.1) is 0 Å². The SMILES string of the molecule is CN(CC1CCOC1)C(=O)c1ccc(B2OC(C)(C)C(C)(C)O2)cc1. The zero-order valence-corrected chi connectivity index (χ0v) is 15.9. The van der Waals surface area contributed by atoms with E-state index in [1.54, 1.807) is 4.90 Å². The lowest BCUT2D eigenvalue weighted by Crippen LogP contribution is -2.41. The molecule has 1 atom stereocenters. The van der Waals surface area contributed by atoms with Crippen LogP contribution >= 0.6 is 0 Å². The summed E-state index contributed by atoms with van der Waals surface area (Å²) in [4.78, 5) is 14.4. The Morgan fingerprint density at radius 3 is 2.28 bits per heavy atom. The van der Waals surface area contributed by atoms with Gasteiger partial charge in [0.2, 0.25) is 0 Å². The molecule has 1 amide bonds. The zero-order chi connectivity index (χ0) is 18.2. The van der Waals surface area contributed by atoms with E-state index in [1.165, 1.54) is 0 Å².